The van der Waals surface area contributed by atoms with Crippen molar-refractivity contribution in [2.75, 3.05) is 29.5 Å². The number of aliphatic carboxylic acids is 1. The van der Waals surface area contributed by atoms with Crippen molar-refractivity contribution in [2.45, 2.75) is 18.5 Å². The second-order valence-electron chi connectivity index (χ2n) is 8.92. The number of carbonyl (C=O) groups is 6. The number of aldehydes is 1. The van der Waals surface area contributed by atoms with Crippen LogP contribution in [0, 0.1) is 0 Å². The third kappa shape index (κ3) is 5.94. The van der Waals surface area contributed by atoms with Gasteiger partial charge in [-0.25, -0.2) is 0 Å². The molecule has 206 valence electrons. The number of nitrogens with one attached hydrogen (secondary N) is 2. The molecule has 0 saturated heterocycles. The van der Waals surface area contributed by atoms with Crippen molar-refractivity contribution in [3.05, 3.63) is 66.5 Å². The summed E-state index contributed by atoms with van der Waals surface area (Å²) in [6, 6.07) is 10.5. The van der Waals surface area contributed by atoms with E-state index in [1.54, 1.807) is 42.6 Å². The van der Waals surface area contributed by atoms with Crippen LogP contribution in [0.4, 0.5) is 11.4 Å². The van der Waals surface area contributed by atoms with E-state index in [9.17, 15) is 33.9 Å². The average molecular weight is 548 g/mol. The van der Waals surface area contributed by atoms with Gasteiger partial charge in [-0.15, -0.1) is 0 Å². The molecule has 2 aromatic carbocycles. The van der Waals surface area contributed by atoms with Gasteiger partial charge in [0.2, 0.25) is 5.91 Å². The lowest BCUT2D eigenvalue weighted by Crippen LogP contribution is -2.55. The molecule has 4 N–H and O–H groups in total. The molecule has 0 spiro atoms. The Bertz CT molecular complexity index is 1490. The number of aliphatic hydroxyl groups is 1. The molecule has 1 aliphatic rings. The molecule has 1 aromatic heterocycles. The second kappa shape index (κ2) is 12.1. The monoisotopic (exact) mass is 547 g/mol. The van der Waals surface area contributed by atoms with Crippen LogP contribution < -0.4 is 20.4 Å². The van der Waals surface area contributed by atoms with E-state index in [1.165, 1.54) is 18.3 Å². The molecule has 3 aromatic rings. The summed E-state index contributed by atoms with van der Waals surface area (Å²) < 4.78 is 0. The number of hydrogen-bond donors (Lipinski definition) is 4. The van der Waals surface area contributed by atoms with Gasteiger partial charge >= 0.3 is 5.97 Å². The van der Waals surface area contributed by atoms with Crippen molar-refractivity contribution in [2.24, 2.45) is 0 Å². The number of carbonyl (C=O) groups excluding carboxylic acids is 5. The summed E-state index contributed by atoms with van der Waals surface area (Å²) in [5.41, 5.74) is 0.511. The SMILES string of the molecule is O=C[C@H](CC(=O)O)NC(=O)CN1C(=O)[C@@H](NC(=O)c2cncc3ccccc23)CN(C(=O)CO)c2ccccc21. The van der Waals surface area contributed by atoms with Gasteiger partial charge in [0.05, 0.1) is 35.9 Å². The molecule has 0 saturated carbocycles. The van der Waals surface area contributed by atoms with Crippen LogP contribution in [0.3, 0.4) is 0 Å². The highest BCUT2D eigenvalue weighted by atomic mass is 16.4. The lowest BCUT2D eigenvalue weighted by molar-refractivity contribution is -0.139. The normalized spacial score (nSPS) is 15.5. The van der Waals surface area contributed by atoms with Crippen molar-refractivity contribution < 1.29 is 39.0 Å². The molecule has 2 atom stereocenters. The molecular formula is C27H25N5O8. The first-order valence-electron chi connectivity index (χ1n) is 12.1. The molecule has 2 heterocycles. The standard InChI is InChI=1S/C27H25N5O8/c33-14-17(9-25(37)38)29-23(35)13-32-22-8-4-3-7-21(22)31(24(36)15-34)12-20(27(32)40)30-26(39)19-11-28-10-16-5-1-2-6-18(16)19/h1-8,10-11,14,17,20,34H,9,12-13,15H2,(H,29,35)(H,30,39)(H,37,38)/t17-,20-/m0/s1. The van der Waals surface area contributed by atoms with E-state index in [2.05, 4.69) is 15.6 Å². The summed E-state index contributed by atoms with van der Waals surface area (Å²) in [7, 11) is 0. The summed E-state index contributed by atoms with van der Waals surface area (Å²) in [5, 5.41) is 24.7. The number of hydrogen-bond acceptors (Lipinski definition) is 8. The predicted molar refractivity (Wildman–Crippen MR) is 141 cm³/mol. The Hall–Kier alpha value is -5.17. The number of amides is 4. The second-order valence-corrected chi connectivity index (χ2v) is 8.92. The lowest BCUT2D eigenvalue weighted by atomic mass is 10.1. The van der Waals surface area contributed by atoms with Crippen LogP contribution in [0.25, 0.3) is 10.8 Å². The van der Waals surface area contributed by atoms with Gasteiger partial charge in [0.25, 0.3) is 17.7 Å². The number of rotatable bonds is 9. The maximum absolute atomic E-state index is 13.8. The first-order valence-corrected chi connectivity index (χ1v) is 12.1. The van der Waals surface area contributed by atoms with Crippen molar-refractivity contribution >= 4 is 58.0 Å². The quantitative estimate of drug-likeness (QED) is 0.265. The average Bonchev–Trinajstić information content (AvgIpc) is 3.06. The van der Waals surface area contributed by atoms with Gasteiger partial charge in [-0.3, -0.25) is 33.9 Å². The number of aromatic nitrogens is 1. The summed E-state index contributed by atoms with van der Waals surface area (Å²) in [5.74, 6) is -4.31. The lowest BCUT2D eigenvalue weighted by Gasteiger charge is -2.25. The summed E-state index contributed by atoms with van der Waals surface area (Å²) in [6.07, 6.45) is 2.54. The molecule has 0 bridgehead atoms. The van der Waals surface area contributed by atoms with E-state index in [-0.39, 0.29) is 29.8 Å². The molecule has 0 unspecified atom stereocenters. The molecule has 4 rings (SSSR count). The van der Waals surface area contributed by atoms with Crippen LogP contribution in [0.2, 0.25) is 0 Å². The highest BCUT2D eigenvalue weighted by Crippen LogP contribution is 2.33. The van der Waals surface area contributed by atoms with E-state index in [1.807, 2.05) is 0 Å². The van der Waals surface area contributed by atoms with Gasteiger partial charge in [-0.2, -0.15) is 0 Å². The Labute approximate surface area is 227 Å². The third-order valence-electron chi connectivity index (χ3n) is 6.25. The third-order valence-corrected chi connectivity index (χ3v) is 6.25. The predicted octanol–water partition coefficient (Wildman–Crippen LogP) is -0.136. The Morgan fingerprint density at radius 2 is 1.75 bits per heavy atom. The fourth-order valence-corrected chi connectivity index (χ4v) is 4.43. The number of para-hydroxylation sites is 2. The maximum atomic E-state index is 13.8. The van der Waals surface area contributed by atoms with Gasteiger partial charge in [0, 0.05) is 17.8 Å². The van der Waals surface area contributed by atoms with E-state index >= 15 is 0 Å². The summed E-state index contributed by atoms with van der Waals surface area (Å²) >= 11 is 0. The minimum Gasteiger partial charge on any atom is -0.481 e. The van der Waals surface area contributed by atoms with Crippen LogP contribution in [-0.2, 0) is 24.0 Å². The smallest absolute Gasteiger partial charge is 0.305 e. The fourth-order valence-electron chi connectivity index (χ4n) is 4.43. The molecule has 0 radical (unpaired) electrons. The first kappa shape index (κ1) is 27.9. The topological polar surface area (TPSA) is 186 Å². The van der Waals surface area contributed by atoms with Crippen LogP contribution >= 0.6 is 0 Å². The molecular weight excluding hydrogens is 522 g/mol. The van der Waals surface area contributed by atoms with Gasteiger partial charge in [-0.05, 0) is 17.5 Å². The number of carboxylic acids is 1. The number of carboxylic acid groups (broad SMARTS) is 1. The number of pyridine rings is 1. The van der Waals surface area contributed by atoms with E-state index in [0.717, 1.165) is 9.80 Å². The number of benzene rings is 2. The largest absolute Gasteiger partial charge is 0.481 e. The van der Waals surface area contributed by atoms with Crippen molar-refractivity contribution in [1.29, 1.82) is 0 Å². The van der Waals surface area contributed by atoms with Crippen LogP contribution in [0.5, 0.6) is 0 Å². The van der Waals surface area contributed by atoms with Crippen molar-refractivity contribution in [3.8, 4) is 0 Å². The molecule has 40 heavy (non-hydrogen) atoms. The number of aliphatic hydroxyl groups excluding tert-OH is 1. The van der Waals surface area contributed by atoms with Crippen LogP contribution in [0.1, 0.15) is 16.8 Å². The fraction of sp³-hybridized carbons (Fsp3) is 0.222. The number of anilines is 2. The molecule has 13 heteroatoms. The summed E-state index contributed by atoms with van der Waals surface area (Å²) in [6.45, 7) is -1.89. The highest BCUT2D eigenvalue weighted by Gasteiger charge is 2.38. The zero-order chi connectivity index (χ0) is 28.8. The van der Waals surface area contributed by atoms with E-state index < -0.39 is 61.3 Å². The molecule has 4 amide bonds. The van der Waals surface area contributed by atoms with Crippen LogP contribution in [0.15, 0.2) is 60.9 Å². The zero-order valence-corrected chi connectivity index (χ0v) is 21.0. The Morgan fingerprint density at radius 1 is 1.05 bits per heavy atom. The molecule has 1 aliphatic heterocycles. The van der Waals surface area contributed by atoms with Gasteiger partial charge in [-0.1, -0.05) is 36.4 Å². The van der Waals surface area contributed by atoms with Gasteiger partial charge in [0.15, 0.2) is 0 Å². The van der Waals surface area contributed by atoms with Crippen molar-refractivity contribution in [1.82, 2.24) is 15.6 Å². The number of fused-ring (bicyclic) bond motifs is 2. The summed E-state index contributed by atoms with van der Waals surface area (Å²) in [4.78, 5) is 81.3. The Kier molecular flexibility index (Phi) is 8.45. The highest BCUT2D eigenvalue weighted by molar-refractivity contribution is 6.12. The van der Waals surface area contributed by atoms with Gasteiger partial charge in [0.1, 0.15) is 25.5 Å². The zero-order valence-electron chi connectivity index (χ0n) is 21.0. The van der Waals surface area contributed by atoms with Gasteiger partial charge < -0.3 is 30.5 Å². The first-order chi connectivity index (χ1) is 19.2. The molecule has 0 fully saturated rings. The number of nitrogens with zero attached hydrogens (tertiary/aromatic N) is 3. The van der Waals surface area contributed by atoms with E-state index in [0.29, 0.717) is 10.8 Å². The molecule has 0 aliphatic carbocycles. The molecule has 13 nitrogen and oxygen atoms in total. The van der Waals surface area contributed by atoms with E-state index in [4.69, 9.17) is 5.11 Å². The Balaban J connectivity index is 1.69. The van der Waals surface area contributed by atoms with Crippen LogP contribution in [-0.4, -0.2) is 82.9 Å². The minimum atomic E-state index is -1.36. The minimum absolute atomic E-state index is 0.133. The maximum Gasteiger partial charge on any atom is 0.305 e. The Morgan fingerprint density at radius 3 is 2.45 bits per heavy atom. The van der Waals surface area contributed by atoms with Crippen molar-refractivity contribution in [3.63, 3.8) is 0 Å².